The number of rotatable bonds is 83. The van der Waals surface area contributed by atoms with E-state index < -0.39 is 97.5 Å². The van der Waals surface area contributed by atoms with Gasteiger partial charge in [0.05, 0.1) is 26.4 Å². The van der Waals surface area contributed by atoms with Crippen LogP contribution in [0.4, 0.5) is 0 Å². The van der Waals surface area contributed by atoms with Gasteiger partial charge in [-0.25, -0.2) is 9.13 Å². The Morgan fingerprint density at radius 3 is 0.667 bits per heavy atom. The second-order valence-corrected chi connectivity index (χ2v) is 33.3. The van der Waals surface area contributed by atoms with E-state index >= 15 is 0 Å². The molecule has 2 unspecified atom stereocenters. The van der Waals surface area contributed by atoms with Crippen molar-refractivity contribution in [2.24, 2.45) is 5.92 Å². The number of carbonyl (C=O) groups is 4. The second-order valence-electron chi connectivity index (χ2n) is 30.3. The first kappa shape index (κ1) is 100. The van der Waals surface area contributed by atoms with Crippen molar-refractivity contribution in [1.29, 1.82) is 0 Å². The molecule has 0 rings (SSSR count). The molecule has 0 aromatic carbocycles. The summed E-state index contributed by atoms with van der Waals surface area (Å²) < 4.78 is 68.7. The van der Waals surface area contributed by atoms with E-state index in [0.717, 1.165) is 95.8 Å². The van der Waals surface area contributed by atoms with Gasteiger partial charge in [0, 0.05) is 25.7 Å². The second kappa shape index (κ2) is 75.9. The van der Waals surface area contributed by atoms with E-state index in [1.54, 1.807) is 0 Å². The van der Waals surface area contributed by atoms with Crippen LogP contribution < -0.4 is 0 Å². The molecule has 0 bridgehead atoms. The van der Waals surface area contributed by atoms with E-state index in [1.807, 2.05) is 0 Å². The monoisotopic (exact) mass is 1490 g/mol. The summed E-state index contributed by atoms with van der Waals surface area (Å²) >= 11 is 0. The van der Waals surface area contributed by atoms with Gasteiger partial charge in [-0.05, 0) is 31.6 Å². The lowest BCUT2D eigenvalue weighted by Crippen LogP contribution is -2.30. The van der Waals surface area contributed by atoms with Crippen LogP contribution in [-0.4, -0.2) is 96.7 Å². The standard InChI is InChI=1S/C83H162O17P2/c1-6-9-12-15-18-21-23-25-27-29-31-33-35-37-39-41-47-52-57-62-67-81(86)94-73-79(99-82(87)68-63-58-53-48-42-40-38-36-34-32-30-28-26-24-22-19-16-13-10-7-2)75-98-102(91,92)96-71-77(84)70-95-101(89,90)97-74-78(72-93-80(85)66-61-56-51-45-20-17-14-11-8-3)100-83(88)69-64-59-54-49-44-43-46-50-55-60-65-76(4)5/h76-79,84H,6-75H2,1-5H3,(H,89,90)(H,91,92)/t77-,78+,79+/m0/s1. The summed E-state index contributed by atoms with van der Waals surface area (Å²) in [5, 5.41) is 10.6. The van der Waals surface area contributed by atoms with Crippen molar-refractivity contribution in [1.82, 2.24) is 0 Å². The quantitative estimate of drug-likeness (QED) is 0.0222. The molecule has 0 fully saturated rings. The third kappa shape index (κ3) is 76.3. The van der Waals surface area contributed by atoms with Crippen molar-refractivity contribution in [3.8, 4) is 0 Å². The largest absolute Gasteiger partial charge is 0.472 e. The number of hydrogen-bond acceptors (Lipinski definition) is 15. The van der Waals surface area contributed by atoms with E-state index in [9.17, 15) is 43.2 Å². The lowest BCUT2D eigenvalue weighted by Gasteiger charge is -2.21. The summed E-state index contributed by atoms with van der Waals surface area (Å²) in [5.41, 5.74) is 0. The van der Waals surface area contributed by atoms with Gasteiger partial charge in [0.25, 0.3) is 0 Å². The van der Waals surface area contributed by atoms with Gasteiger partial charge in [-0.3, -0.25) is 37.3 Å². The van der Waals surface area contributed by atoms with E-state index in [2.05, 4.69) is 34.6 Å². The SMILES string of the molecule is CCCCCCCCCCCCCCCCCCCCCCC(=O)OC[C@H](COP(=O)(O)OC[C@@H](O)COP(=O)(O)OC[C@@H](COC(=O)CCCCCCCCCCC)OC(=O)CCCCCCCCCCCCC(C)C)OC(=O)CCCCCCCCCCCCCCCCCCCCCC. The number of aliphatic hydroxyl groups is 1. The third-order valence-corrected chi connectivity index (χ3v) is 21.4. The normalized spacial score (nSPS) is 13.8. The van der Waals surface area contributed by atoms with E-state index in [1.165, 1.54) is 270 Å². The summed E-state index contributed by atoms with van der Waals surface area (Å²) in [4.78, 5) is 73.0. The molecule has 0 saturated carbocycles. The molecule has 5 atom stereocenters. The number of carbonyl (C=O) groups excluding carboxylic acids is 4. The zero-order chi connectivity index (χ0) is 74.8. The van der Waals surface area contributed by atoms with E-state index in [-0.39, 0.29) is 25.7 Å². The molecule has 0 aliphatic rings. The topological polar surface area (TPSA) is 237 Å². The zero-order valence-electron chi connectivity index (χ0n) is 66.8. The average Bonchev–Trinajstić information content (AvgIpc) is 0.911. The molecule has 102 heavy (non-hydrogen) atoms. The molecule has 0 saturated heterocycles. The van der Waals surface area contributed by atoms with Crippen molar-refractivity contribution in [2.75, 3.05) is 39.6 Å². The molecule has 0 aromatic heterocycles. The Labute approximate surface area is 626 Å². The molecule has 0 radical (unpaired) electrons. The maximum atomic E-state index is 13.1. The molecular weight excluding hydrogens is 1330 g/mol. The Kier molecular flexibility index (Phi) is 74.4. The Hall–Kier alpha value is -1.94. The molecule has 606 valence electrons. The summed E-state index contributed by atoms with van der Waals surface area (Å²) in [6, 6.07) is 0. The lowest BCUT2D eigenvalue weighted by molar-refractivity contribution is -0.161. The van der Waals surface area contributed by atoms with Gasteiger partial charge in [0.15, 0.2) is 12.2 Å². The highest BCUT2D eigenvalue weighted by Crippen LogP contribution is 2.45. The average molecular weight is 1490 g/mol. The minimum atomic E-state index is -4.96. The lowest BCUT2D eigenvalue weighted by atomic mass is 10.0. The number of esters is 4. The molecule has 17 nitrogen and oxygen atoms in total. The maximum absolute atomic E-state index is 13.1. The van der Waals surface area contributed by atoms with Gasteiger partial charge in [-0.2, -0.15) is 0 Å². The van der Waals surface area contributed by atoms with Crippen LogP contribution in [0.25, 0.3) is 0 Å². The van der Waals surface area contributed by atoms with Gasteiger partial charge >= 0.3 is 39.5 Å². The van der Waals surface area contributed by atoms with Crippen molar-refractivity contribution in [2.45, 2.75) is 464 Å². The number of unbranched alkanes of at least 4 members (excludes halogenated alkanes) is 55. The van der Waals surface area contributed by atoms with E-state index in [0.29, 0.717) is 25.7 Å². The predicted octanol–water partition coefficient (Wildman–Crippen LogP) is 25.2. The maximum Gasteiger partial charge on any atom is 0.472 e. The Morgan fingerprint density at radius 1 is 0.265 bits per heavy atom. The first-order chi connectivity index (χ1) is 49.5. The fourth-order valence-corrected chi connectivity index (χ4v) is 14.5. The summed E-state index contributed by atoms with van der Waals surface area (Å²) in [6.07, 6.45) is 68.2. The first-order valence-electron chi connectivity index (χ1n) is 43.1. The highest BCUT2D eigenvalue weighted by atomic mass is 31.2. The van der Waals surface area contributed by atoms with Crippen molar-refractivity contribution in [3.63, 3.8) is 0 Å². The summed E-state index contributed by atoms with van der Waals surface area (Å²) in [5.74, 6) is -1.35. The van der Waals surface area contributed by atoms with Crippen LogP contribution in [0.15, 0.2) is 0 Å². The van der Waals surface area contributed by atoms with Gasteiger partial charge in [0.2, 0.25) is 0 Å². The van der Waals surface area contributed by atoms with Crippen LogP contribution in [0.3, 0.4) is 0 Å². The molecular formula is C83H162O17P2. The summed E-state index contributed by atoms with van der Waals surface area (Å²) in [7, 11) is -9.92. The Morgan fingerprint density at radius 2 is 0.451 bits per heavy atom. The smallest absolute Gasteiger partial charge is 0.462 e. The summed E-state index contributed by atoms with van der Waals surface area (Å²) in [6.45, 7) is 7.31. The zero-order valence-corrected chi connectivity index (χ0v) is 68.5. The first-order valence-corrected chi connectivity index (χ1v) is 46.1. The molecule has 0 aromatic rings. The third-order valence-electron chi connectivity index (χ3n) is 19.5. The van der Waals surface area contributed by atoms with Gasteiger partial charge in [-0.15, -0.1) is 0 Å². The minimum absolute atomic E-state index is 0.106. The molecule has 0 heterocycles. The van der Waals surface area contributed by atoms with Crippen LogP contribution in [0, 0.1) is 5.92 Å². The predicted molar refractivity (Wildman–Crippen MR) is 418 cm³/mol. The van der Waals surface area contributed by atoms with Gasteiger partial charge in [0.1, 0.15) is 19.3 Å². The fraction of sp³-hybridized carbons (Fsp3) is 0.952. The van der Waals surface area contributed by atoms with Crippen LogP contribution in [0.2, 0.25) is 0 Å². The molecule has 0 aliphatic carbocycles. The molecule has 0 spiro atoms. The number of ether oxygens (including phenoxy) is 4. The van der Waals surface area contributed by atoms with Crippen LogP contribution in [0.5, 0.6) is 0 Å². The molecule has 0 aliphatic heterocycles. The van der Waals surface area contributed by atoms with Crippen molar-refractivity contribution < 1.29 is 80.2 Å². The van der Waals surface area contributed by atoms with Crippen LogP contribution in [0.1, 0.15) is 446 Å². The Balaban J connectivity index is 5.20. The number of phosphoric ester groups is 2. The Bertz CT molecular complexity index is 1940. The molecule has 19 heteroatoms. The number of hydrogen-bond donors (Lipinski definition) is 3. The fourth-order valence-electron chi connectivity index (χ4n) is 12.9. The van der Waals surface area contributed by atoms with Crippen molar-refractivity contribution >= 4 is 39.5 Å². The molecule has 0 amide bonds. The van der Waals surface area contributed by atoms with Crippen LogP contribution in [-0.2, 0) is 65.4 Å². The number of phosphoric acid groups is 2. The van der Waals surface area contributed by atoms with Crippen LogP contribution >= 0.6 is 15.6 Å². The van der Waals surface area contributed by atoms with E-state index in [4.69, 9.17) is 37.0 Å². The highest BCUT2D eigenvalue weighted by Gasteiger charge is 2.30. The molecule has 3 N–H and O–H groups in total. The van der Waals surface area contributed by atoms with Gasteiger partial charge < -0.3 is 33.8 Å². The minimum Gasteiger partial charge on any atom is -0.462 e. The van der Waals surface area contributed by atoms with Gasteiger partial charge in [-0.1, -0.05) is 394 Å². The van der Waals surface area contributed by atoms with Crippen molar-refractivity contribution in [3.05, 3.63) is 0 Å². The number of aliphatic hydroxyl groups excluding tert-OH is 1. The highest BCUT2D eigenvalue weighted by molar-refractivity contribution is 7.47.